The number of fused-ring (bicyclic) bond motifs is 1. The van der Waals surface area contributed by atoms with Gasteiger partial charge < -0.3 is 5.32 Å². The third-order valence-electron chi connectivity index (χ3n) is 4.00. The summed E-state index contributed by atoms with van der Waals surface area (Å²) in [7, 11) is 1.96. The molecule has 0 saturated carbocycles. The number of hydrogen-bond donors (Lipinski definition) is 1. The molecule has 2 aromatic rings. The number of thiophene rings is 1. The van der Waals surface area contributed by atoms with Gasteiger partial charge in [0.2, 0.25) is 0 Å². The Balaban J connectivity index is 1.94. The molecule has 1 atom stereocenters. The van der Waals surface area contributed by atoms with Gasteiger partial charge in [0.25, 0.3) is 0 Å². The predicted octanol–water partition coefficient (Wildman–Crippen LogP) is 2.84. The maximum absolute atomic E-state index is 4.07. The van der Waals surface area contributed by atoms with E-state index in [2.05, 4.69) is 28.6 Å². The molecule has 3 rings (SSSR count). The quantitative estimate of drug-likeness (QED) is 0.881. The van der Waals surface area contributed by atoms with E-state index in [0.717, 1.165) is 12.2 Å². The summed E-state index contributed by atoms with van der Waals surface area (Å²) in [5.41, 5.74) is 2.71. The smallest absolute Gasteiger partial charge is 0.0858 e. The zero-order valence-corrected chi connectivity index (χ0v) is 13.0. The van der Waals surface area contributed by atoms with Crippen LogP contribution >= 0.6 is 11.3 Å². The molecule has 0 aromatic carbocycles. The third-order valence-corrected chi connectivity index (χ3v) is 5.31. The first kappa shape index (κ1) is 13.8. The normalized spacial score (nSPS) is 16.7. The van der Waals surface area contributed by atoms with Crippen LogP contribution in [0.2, 0.25) is 0 Å². The maximum Gasteiger partial charge on any atom is 0.0858 e. The van der Waals surface area contributed by atoms with E-state index in [1.165, 1.54) is 37.0 Å². The summed E-state index contributed by atoms with van der Waals surface area (Å²) in [6, 6.07) is 2.63. The highest BCUT2D eigenvalue weighted by atomic mass is 32.1. The Kier molecular flexibility index (Phi) is 4.17. The zero-order valence-electron chi connectivity index (χ0n) is 12.2. The molecule has 0 bridgehead atoms. The second-order valence-corrected chi connectivity index (χ2v) is 6.60. The van der Waals surface area contributed by atoms with Crippen LogP contribution in [0.15, 0.2) is 12.3 Å². The molecule has 0 fully saturated rings. The SMILES string of the molecule is CCNC(c1cc2c(s1)CCCCC2)c1cnnn1C. The lowest BCUT2D eigenvalue weighted by Gasteiger charge is -2.16. The number of nitrogens with zero attached hydrogens (tertiary/aromatic N) is 3. The highest BCUT2D eigenvalue weighted by Crippen LogP contribution is 2.34. The van der Waals surface area contributed by atoms with Crippen molar-refractivity contribution in [3.63, 3.8) is 0 Å². The van der Waals surface area contributed by atoms with E-state index < -0.39 is 0 Å². The molecule has 108 valence electrons. The van der Waals surface area contributed by atoms with Gasteiger partial charge in [0.15, 0.2) is 0 Å². The Labute approximate surface area is 124 Å². The molecule has 1 aliphatic carbocycles. The van der Waals surface area contributed by atoms with Gasteiger partial charge in [0, 0.05) is 16.8 Å². The summed E-state index contributed by atoms with van der Waals surface area (Å²) < 4.78 is 1.87. The Morgan fingerprint density at radius 3 is 2.95 bits per heavy atom. The molecule has 2 heterocycles. The summed E-state index contributed by atoms with van der Waals surface area (Å²) in [5, 5.41) is 11.7. The minimum Gasteiger partial charge on any atom is -0.305 e. The molecule has 0 aliphatic heterocycles. The average molecular weight is 290 g/mol. The summed E-state index contributed by atoms with van der Waals surface area (Å²) >= 11 is 1.97. The third kappa shape index (κ3) is 2.65. The van der Waals surface area contributed by atoms with Gasteiger partial charge >= 0.3 is 0 Å². The van der Waals surface area contributed by atoms with Crippen molar-refractivity contribution in [1.29, 1.82) is 0 Å². The lowest BCUT2D eigenvalue weighted by molar-refractivity contribution is 0.574. The standard InChI is InChI=1S/C15H22N4S/c1-3-16-15(12-10-17-18-19(12)2)14-9-11-7-5-4-6-8-13(11)20-14/h9-10,15-16H,3-8H2,1-2H3. The molecule has 1 aliphatic rings. The van der Waals surface area contributed by atoms with E-state index in [-0.39, 0.29) is 6.04 Å². The van der Waals surface area contributed by atoms with Crippen LogP contribution < -0.4 is 5.32 Å². The first-order valence-electron chi connectivity index (χ1n) is 7.49. The number of hydrogen-bond acceptors (Lipinski definition) is 4. The van der Waals surface area contributed by atoms with Gasteiger partial charge in [-0.25, -0.2) is 0 Å². The largest absolute Gasteiger partial charge is 0.305 e. The molecule has 0 saturated heterocycles. The zero-order chi connectivity index (χ0) is 13.9. The van der Waals surface area contributed by atoms with E-state index in [4.69, 9.17) is 0 Å². The van der Waals surface area contributed by atoms with Crippen molar-refractivity contribution in [2.24, 2.45) is 7.05 Å². The summed E-state index contributed by atoms with van der Waals surface area (Å²) in [6.45, 7) is 3.09. The van der Waals surface area contributed by atoms with Crippen molar-refractivity contribution >= 4 is 11.3 Å². The number of rotatable bonds is 4. The number of nitrogens with one attached hydrogen (secondary N) is 1. The van der Waals surface area contributed by atoms with Crippen LogP contribution in [0.25, 0.3) is 0 Å². The molecule has 1 N–H and O–H groups in total. The minimum absolute atomic E-state index is 0.219. The van der Waals surface area contributed by atoms with Gasteiger partial charge in [-0.2, -0.15) is 0 Å². The Bertz CT molecular complexity index is 549. The lowest BCUT2D eigenvalue weighted by Crippen LogP contribution is -2.23. The second kappa shape index (κ2) is 6.06. The van der Waals surface area contributed by atoms with Crippen molar-refractivity contribution in [2.45, 2.75) is 45.1 Å². The van der Waals surface area contributed by atoms with Gasteiger partial charge in [-0.15, -0.1) is 16.4 Å². The first-order valence-corrected chi connectivity index (χ1v) is 8.30. The van der Waals surface area contributed by atoms with Gasteiger partial charge in [-0.05, 0) is 43.9 Å². The van der Waals surface area contributed by atoms with Crippen molar-refractivity contribution in [3.8, 4) is 0 Å². The molecule has 4 nitrogen and oxygen atoms in total. The first-order chi connectivity index (χ1) is 9.79. The maximum atomic E-state index is 4.07. The molecule has 0 spiro atoms. The number of aromatic nitrogens is 3. The Morgan fingerprint density at radius 2 is 2.20 bits per heavy atom. The van der Waals surface area contributed by atoms with Crippen LogP contribution in [0.4, 0.5) is 0 Å². The fourth-order valence-electron chi connectivity index (χ4n) is 2.95. The van der Waals surface area contributed by atoms with Crippen LogP contribution in [0.5, 0.6) is 0 Å². The minimum atomic E-state index is 0.219. The fourth-order valence-corrected chi connectivity index (χ4v) is 4.29. The second-order valence-electron chi connectivity index (χ2n) is 5.43. The number of aryl methyl sites for hydroxylation is 3. The van der Waals surface area contributed by atoms with Crippen LogP contribution in [-0.2, 0) is 19.9 Å². The molecular formula is C15H22N4S. The van der Waals surface area contributed by atoms with Crippen molar-refractivity contribution in [2.75, 3.05) is 6.54 Å². The van der Waals surface area contributed by atoms with E-state index in [1.807, 2.05) is 29.3 Å². The highest BCUT2D eigenvalue weighted by Gasteiger charge is 2.21. The summed E-state index contributed by atoms with van der Waals surface area (Å²) in [6.07, 6.45) is 8.42. The van der Waals surface area contributed by atoms with Gasteiger partial charge in [0.05, 0.1) is 17.9 Å². The molecular weight excluding hydrogens is 268 g/mol. The van der Waals surface area contributed by atoms with E-state index in [1.54, 1.807) is 10.4 Å². The fraction of sp³-hybridized carbons (Fsp3) is 0.600. The molecule has 1 unspecified atom stereocenters. The highest BCUT2D eigenvalue weighted by molar-refractivity contribution is 7.12. The molecule has 2 aromatic heterocycles. The average Bonchev–Trinajstić information content (AvgIpc) is 2.97. The molecule has 0 amide bonds. The predicted molar refractivity (Wildman–Crippen MR) is 82.1 cm³/mol. The van der Waals surface area contributed by atoms with Crippen LogP contribution in [0.1, 0.15) is 53.2 Å². The molecule has 5 heteroatoms. The summed E-state index contributed by atoms with van der Waals surface area (Å²) in [5.74, 6) is 0. The van der Waals surface area contributed by atoms with Crippen LogP contribution in [0.3, 0.4) is 0 Å². The molecule has 0 radical (unpaired) electrons. The van der Waals surface area contributed by atoms with Crippen LogP contribution in [0, 0.1) is 0 Å². The van der Waals surface area contributed by atoms with Crippen LogP contribution in [-0.4, -0.2) is 21.5 Å². The topological polar surface area (TPSA) is 42.7 Å². The van der Waals surface area contributed by atoms with E-state index in [9.17, 15) is 0 Å². The van der Waals surface area contributed by atoms with Gasteiger partial charge in [-0.1, -0.05) is 18.6 Å². The van der Waals surface area contributed by atoms with Crippen molar-refractivity contribution in [1.82, 2.24) is 20.3 Å². The summed E-state index contributed by atoms with van der Waals surface area (Å²) in [4.78, 5) is 3.00. The van der Waals surface area contributed by atoms with Gasteiger partial charge in [0.1, 0.15) is 0 Å². The van der Waals surface area contributed by atoms with Gasteiger partial charge in [-0.3, -0.25) is 4.68 Å². The van der Waals surface area contributed by atoms with E-state index in [0.29, 0.717) is 0 Å². The molecule has 20 heavy (non-hydrogen) atoms. The van der Waals surface area contributed by atoms with E-state index >= 15 is 0 Å². The van der Waals surface area contributed by atoms with Crippen molar-refractivity contribution in [3.05, 3.63) is 33.3 Å². The Morgan fingerprint density at radius 1 is 1.35 bits per heavy atom. The Hall–Kier alpha value is -1.20. The van der Waals surface area contributed by atoms with Crippen molar-refractivity contribution < 1.29 is 0 Å². The lowest BCUT2D eigenvalue weighted by atomic mass is 10.1. The monoisotopic (exact) mass is 290 g/mol.